The van der Waals surface area contributed by atoms with Crippen LogP contribution in [0.4, 0.5) is 5.69 Å². The Morgan fingerprint density at radius 1 is 1.47 bits per heavy atom. The van der Waals surface area contributed by atoms with Crippen molar-refractivity contribution < 1.29 is 9.90 Å². The van der Waals surface area contributed by atoms with Gasteiger partial charge in [0.05, 0.1) is 11.8 Å². The van der Waals surface area contributed by atoms with E-state index in [9.17, 15) is 9.90 Å². The van der Waals surface area contributed by atoms with Crippen molar-refractivity contribution in [2.24, 2.45) is 11.8 Å². The fourth-order valence-electron chi connectivity index (χ4n) is 3.54. The highest BCUT2D eigenvalue weighted by atomic mass is 16.3. The van der Waals surface area contributed by atoms with Crippen molar-refractivity contribution in [3.8, 4) is 0 Å². The third-order valence-corrected chi connectivity index (χ3v) is 4.58. The molecule has 3 unspecified atom stereocenters. The maximum Gasteiger partial charge on any atom is 0.270 e. The number of likely N-dealkylation sites (tertiary alicyclic amines) is 1. The second-order valence-electron chi connectivity index (χ2n) is 5.72. The van der Waals surface area contributed by atoms with Crippen LogP contribution in [0.2, 0.25) is 0 Å². The lowest BCUT2D eigenvalue weighted by atomic mass is 10.00. The molecule has 2 fully saturated rings. The van der Waals surface area contributed by atoms with Crippen LogP contribution in [0, 0.1) is 11.8 Å². The van der Waals surface area contributed by atoms with Crippen molar-refractivity contribution in [2.45, 2.75) is 32.4 Å². The number of fused-ring (bicyclic) bond motifs is 1. The highest BCUT2D eigenvalue weighted by Crippen LogP contribution is 2.38. The van der Waals surface area contributed by atoms with Crippen LogP contribution in [-0.4, -0.2) is 39.7 Å². The maximum atomic E-state index is 12.5. The highest BCUT2D eigenvalue weighted by molar-refractivity contribution is 5.94. The molecule has 0 aromatic carbocycles. The number of amides is 1. The second kappa shape index (κ2) is 4.56. The smallest absolute Gasteiger partial charge is 0.270 e. The van der Waals surface area contributed by atoms with Gasteiger partial charge < -0.3 is 20.3 Å². The van der Waals surface area contributed by atoms with Gasteiger partial charge in [-0.25, -0.2) is 0 Å². The van der Waals surface area contributed by atoms with Crippen molar-refractivity contribution in [1.29, 1.82) is 0 Å². The summed E-state index contributed by atoms with van der Waals surface area (Å²) in [7, 11) is 0. The molecule has 1 aromatic heterocycles. The Hall–Kier alpha value is -1.49. The monoisotopic (exact) mass is 263 g/mol. The molecule has 1 aromatic rings. The predicted octanol–water partition coefficient (Wildman–Crippen LogP) is 0.933. The number of hydrogen-bond acceptors (Lipinski definition) is 3. The van der Waals surface area contributed by atoms with E-state index >= 15 is 0 Å². The van der Waals surface area contributed by atoms with Crippen molar-refractivity contribution in [2.75, 3.05) is 18.8 Å². The molecule has 1 aliphatic heterocycles. The zero-order valence-corrected chi connectivity index (χ0v) is 11.2. The van der Waals surface area contributed by atoms with Gasteiger partial charge in [-0.1, -0.05) is 0 Å². The summed E-state index contributed by atoms with van der Waals surface area (Å²) in [5, 5.41) is 9.91. The van der Waals surface area contributed by atoms with Crippen LogP contribution >= 0.6 is 0 Å². The summed E-state index contributed by atoms with van der Waals surface area (Å²) in [6, 6.07) is 1.75. The number of nitrogen functional groups attached to an aromatic ring is 1. The fraction of sp³-hybridized carbons (Fsp3) is 0.643. The molecule has 3 N–H and O–H groups in total. The van der Waals surface area contributed by atoms with Crippen molar-refractivity contribution in [1.82, 2.24) is 9.47 Å². The molecule has 0 radical (unpaired) electrons. The first-order chi connectivity index (χ1) is 9.10. The lowest BCUT2D eigenvalue weighted by Gasteiger charge is -2.19. The van der Waals surface area contributed by atoms with Crippen molar-refractivity contribution in [3.05, 3.63) is 18.0 Å². The van der Waals surface area contributed by atoms with E-state index in [1.807, 2.05) is 16.4 Å². The summed E-state index contributed by atoms with van der Waals surface area (Å²) in [6.45, 7) is 4.19. The molecule has 3 atom stereocenters. The van der Waals surface area contributed by atoms with Crippen LogP contribution < -0.4 is 5.73 Å². The van der Waals surface area contributed by atoms with E-state index in [0.717, 1.165) is 25.9 Å². The van der Waals surface area contributed by atoms with Gasteiger partial charge in [-0.2, -0.15) is 0 Å². The van der Waals surface area contributed by atoms with E-state index in [4.69, 9.17) is 5.73 Å². The number of carbonyl (C=O) groups is 1. The Morgan fingerprint density at radius 2 is 2.26 bits per heavy atom. The molecular weight excluding hydrogens is 242 g/mol. The molecule has 104 valence electrons. The minimum Gasteiger partial charge on any atom is -0.397 e. The molecule has 0 spiro atoms. The number of anilines is 1. The van der Waals surface area contributed by atoms with E-state index in [1.54, 1.807) is 12.3 Å². The first-order valence-corrected chi connectivity index (χ1v) is 7.03. The van der Waals surface area contributed by atoms with Gasteiger partial charge in [0.2, 0.25) is 0 Å². The first kappa shape index (κ1) is 12.5. The topological polar surface area (TPSA) is 71.5 Å². The SMILES string of the molecule is CCn1cc(N)cc1C(=O)N1CC2CCC(O)C2C1. The largest absolute Gasteiger partial charge is 0.397 e. The molecule has 3 rings (SSSR count). The van der Waals surface area contributed by atoms with E-state index in [2.05, 4.69) is 0 Å². The van der Waals surface area contributed by atoms with Gasteiger partial charge in [0.15, 0.2) is 0 Å². The van der Waals surface area contributed by atoms with E-state index in [0.29, 0.717) is 23.8 Å². The standard InChI is InChI=1S/C14H21N3O2/c1-2-16-7-10(15)5-12(16)14(19)17-6-9-3-4-13(18)11(9)8-17/h5,7,9,11,13,18H,2-4,6,8,15H2,1H3. The summed E-state index contributed by atoms with van der Waals surface area (Å²) in [5.41, 5.74) is 7.06. The summed E-state index contributed by atoms with van der Waals surface area (Å²) < 4.78 is 1.89. The first-order valence-electron chi connectivity index (χ1n) is 7.03. The predicted molar refractivity (Wildman–Crippen MR) is 72.6 cm³/mol. The van der Waals surface area contributed by atoms with Gasteiger partial charge in [0, 0.05) is 31.7 Å². The lowest BCUT2D eigenvalue weighted by molar-refractivity contribution is 0.0742. The van der Waals surface area contributed by atoms with E-state index in [1.165, 1.54) is 0 Å². The average molecular weight is 263 g/mol. The molecule has 2 heterocycles. The number of carbonyl (C=O) groups excluding carboxylic acids is 1. The molecule has 1 saturated heterocycles. The number of rotatable bonds is 2. The zero-order valence-electron chi connectivity index (χ0n) is 11.2. The molecule has 19 heavy (non-hydrogen) atoms. The van der Waals surface area contributed by atoms with Gasteiger partial charge in [0.1, 0.15) is 5.69 Å². The van der Waals surface area contributed by atoms with Crippen molar-refractivity contribution in [3.63, 3.8) is 0 Å². The lowest BCUT2D eigenvalue weighted by Crippen LogP contribution is -2.32. The number of aryl methyl sites for hydroxylation is 1. The third kappa shape index (κ3) is 2.02. The molecule has 0 bridgehead atoms. The summed E-state index contributed by atoms with van der Waals surface area (Å²) >= 11 is 0. The Balaban J connectivity index is 1.78. The molecule has 1 amide bonds. The number of nitrogens with two attached hydrogens (primary N) is 1. The highest BCUT2D eigenvalue weighted by Gasteiger charge is 2.43. The van der Waals surface area contributed by atoms with E-state index in [-0.39, 0.29) is 17.9 Å². The van der Waals surface area contributed by atoms with Crippen molar-refractivity contribution >= 4 is 11.6 Å². The fourth-order valence-corrected chi connectivity index (χ4v) is 3.54. The van der Waals surface area contributed by atoms with Crippen LogP contribution in [0.1, 0.15) is 30.3 Å². The number of nitrogens with zero attached hydrogens (tertiary/aromatic N) is 2. The molecule has 1 aliphatic carbocycles. The number of aliphatic hydroxyl groups excluding tert-OH is 1. The Morgan fingerprint density at radius 3 is 2.95 bits per heavy atom. The normalized spacial score (nSPS) is 29.8. The number of hydrogen-bond donors (Lipinski definition) is 2. The number of aliphatic hydroxyl groups is 1. The average Bonchev–Trinajstić information content (AvgIpc) is 3.05. The molecular formula is C14H21N3O2. The zero-order chi connectivity index (χ0) is 13.6. The third-order valence-electron chi connectivity index (χ3n) is 4.58. The Bertz CT molecular complexity index is 497. The molecule has 5 heteroatoms. The molecule has 2 aliphatic rings. The Kier molecular flexibility index (Phi) is 3.01. The number of aromatic nitrogens is 1. The summed E-state index contributed by atoms with van der Waals surface area (Å²) in [5.74, 6) is 0.785. The molecule has 1 saturated carbocycles. The summed E-state index contributed by atoms with van der Waals surface area (Å²) in [6.07, 6.45) is 3.49. The maximum absolute atomic E-state index is 12.5. The summed E-state index contributed by atoms with van der Waals surface area (Å²) in [4.78, 5) is 14.4. The van der Waals surface area contributed by atoms with E-state index < -0.39 is 0 Å². The minimum absolute atomic E-state index is 0.0418. The van der Waals surface area contributed by atoms with Crippen LogP contribution in [0.25, 0.3) is 0 Å². The minimum atomic E-state index is -0.231. The Labute approximate surface area is 113 Å². The van der Waals surface area contributed by atoms with Gasteiger partial charge in [-0.05, 0) is 31.7 Å². The van der Waals surface area contributed by atoms with Crippen LogP contribution in [0.15, 0.2) is 12.3 Å². The van der Waals surface area contributed by atoms with Gasteiger partial charge in [0.25, 0.3) is 5.91 Å². The quantitative estimate of drug-likeness (QED) is 0.834. The van der Waals surface area contributed by atoms with Crippen LogP contribution in [-0.2, 0) is 6.54 Å². The van der Waals surface area contributed by atoms with Crippen LogP contribution in [0.5, 0.6) is 0 Å². The van der Waals surface area contributed by atoms with Gasteiger partial charge in [-0.15, -0.1) is 0 Å². The molecule has 5 nitrogen and oxygen atoms in total. The van der Waals surface area contributed by atoms with Gasteiger partial charge in [-0.3, -0.25) is 4.79 Å². The van der Waals surface area contributed by atoms with Gasteiger partial charge >= 0.3 is 0 Å². The second-order valence-corrected chi connectivity index (χ2v) is 5.72. The van der Waals surface area contributed by atoms with Crippen LogP contribution in [0.3, 0.4) is 0 Å².